The number of ether oxygens (including phenoxy) is 1. The van der Waals surface area contributed by atoms with Gasteiger partial charge in [0.2, 0.25) is 11.8 Å². The zero-order valence-corrected chi connectivity index (χ0v) is 20.1. The molecule has 2 aromatic rings. The smallest absolute Gasteiger partial charge is 0.319 e. The SMILES string of the molecule is COC(=O)[C@@H]1C(=O)NC(SCC(=O)Nc2ccc(Cl)c(Cl)c2)=C(C#N)[C@H]1c1ccccc1Cl. The van der Waals surface area contributed by atoms with Gasteiger partial charge in [-0.05, 0) is 29.8 Å². The number of hydrogen-bond acceptors (Lipinski definition) is 6. The van der Waals surface area contributed by atoms with Gasteiger partial charge in [0.15, 0.2) is 0 Å². The van der Waals surface area contributed by atoms with Crippen molar-refractivity contribution in [2.45, 2.75) is 5.92 Å². The Bertz CT molecular complexity index is 1200. The van der Waals surface area contributed by atoms with E-state index in [1.165, 1.54) is 6.07 Å². The van der Waals surface area contributed by atoms with Gasteiger partial charge in [-0.1, -0.05) is 64.8 Å². The number of methoxy groups -OCH3 is 1. The van der Waals surface area contributed by atoms with Gasteiger partial charge in [-0.2, -0.15) is 5.26 Å². The van der Waals surface area contributed by atoms with Gasteiger partial charge in [0, 0.05) is 16.6 Å². The molecule has 0 saturated carbocycles. The lowest BCUT2D eigenvalue weighted by Gasteiger charge is -2.31. The van der Waals surface area contributed by atoms with E-state index < -0.39 is 29.6 Å². The number of allylic oxidation sites excluding steroid dienone is 1. The third-order valence-corrected chi connectivity index (χ3v) is 6.88. The van der Waals surface area contributed by atoms with Crippen molar-refractivity contribution in [3.8, 4) is 6.07 Å². The summed E-state index contributed by atoms with van der Waals surface area (Å²) in [5.74, 6) is -4.25. The van der Waals surface area contributed by atoms with Gasteiger partial charge in [-0.3, -0.25) is 14.4 Å². The molecule has 0 fully saturated rings. The van der Waals surface area contributed by atoms with E-state index in [2.05, 4.69) is 16.7 Å². The third-order valence-electron chi connectivity index (χ3n) is 4.77. The van der Waals surface area contributed by atoms with Crippen LogP contribution in [0.15, 0.2) is 53.1 Å². The molecule has 0 unspecified atom stereocenters. The molecule has 1 aliphatic heterocycles. The van der Waals surface area contributed by atoms with Crippen LogP contribution in [0.3, 0.4) is 0 Å². The molecule has 3 rings (SSSR count). The van der Waals surface area contributed by atoms with E-state index in [-0.39, 0.29) is 21.4 Å². The third kappa shape index (κ3) is 5.63. The minimum Gasteiger partial charge on any atom is -0.468 e. The molecule has 1 aliphatic rings. The Morgan fingerprint density at radius 1 is 1.15 bits per heavy atom. The van der Waals surface area contributed by atoms with E-state index in [0.29, 0.717) is 21.3 Å². The summed E-state index contributed by atoms with van der Waals surface area (Å²) < 4.78 is 4.80. The predicted molar refractivity (Wildman–Crippen MR) is 128 cm³/mol. The fourth-order valence-electron chi connectivity index (χ4n) is 3.29. The Morgan fingerprint density at radius 2 is 1.88 bits per heavy atom. The van der Waals surface area contributed by atoms with Gasteiger partial charge in [0.1, 0.15) is 5.92 Å². The van der Waals surface area contributed by atoms with E-state index >= 15 is 0 Å². The summed E-state index contributed by atoms with van der Waals surface area (Å²) in [7, 11) is 1.16. The number of carbonyl (C=O) groups excluding carboxylic acids is 3. The Morgan fingerprint density at radius 3 is 2.52 bits per heavy atom. The van der Waals surface area contributed by atoms with Crippen LogP contribution < -0.4 is 10.6 Å². The first-order valence-electron chi connectivity index (χ1n) is 9.42. The Hall–Kier alpha value is -2.70. The first-order chi connectivity index (χ1) is 15.8. The van der Waals surface area contributed by atoms with Crippen LogP contribution in [0.5, 0.6) is 0 Å². The molecule has 2 aromatic carbocycles. The lowest BCUT2D eigenvalue weighted by atomic mass is 9.78. The largest absolute Gasteiger partial charge is 0.468 e. The second kappa shape index (κ2) is 10.9. The fraction of sp³-hybridized carbons (Fsp3) is 0.182. The molecule has 1 heterocycles. The number of amides is 2. The summed E-state index contributed by atoms with van der Waals surface area (Å²) in [6.07, 6.45) is 0. The van der Waals surface area contributed by atoms with Gasteiger partial charge in [0.25, 0.3) is 0 Å². The Balaban J connectivity index is 1.89. The van der Waals surface area contributed by atoms with E-state index in [1.54, 1.807) is 36.4 Å². The normalized spacial score (nSPS) is 17.7. The van der Waals surface area contributed by atoms with Gasteiger partial charge < -0.3 is 15.4 Å². The molecule has 0 saturated heterocycles. The molecule has 7 nitrogen and oxygen atoms in total. The van der Waals surface area contributed by atoms with Crippen LogP contribution in [0.1, 0.15) is 11.5 Å². The van der Waals surface area contributed by atoms with Crippen LogP contribution in [0, 0.1) is 17.2 Å². The predicted octanol–water partition coefficient (Wildman–Crippen LogP) is 4.76. The van der Waals surface area contributed by atoms with Gasteiger partial charge in [0.05, 0.1) is 39.6 Å². The molecular formula is C22H16Cl3N3O4S. The molecule has 11 heteroatoms. The number of rotatable bonds is 6. The maximum Gasteiger partial charge on any atom is 0.319 e. The number of hydrogen-bond donors (Lipinski definition) is 2. The number of nitrogens with zero attached hydrogens (tertiary/aromatic N) is 1. The lowest BCUT2D eigenvalue weighted by molar-refractivity contribution is -0.150. The Kier molecular flexibility index (Phi) is 8.27. The van der Waals surface area contributed by atoms with Crippen LogP contribution in [0.4, 0.5) is 5.69 Å². The van der Waals surface area contributed by atoms with Crippen molar-refractivity contribution in [3.05, 3.63) is 73.7 Å². The lowest BCUT2D eigenvalue weighted by Crippen LogP contribution is -2.44. The van der Waals surface area contributed by atoms with Crippen molar-refractivity contribution in [2.24, 2.45) is 5.92 Å². The summed E-state index contributed by atoms with van der Waals surface area (Å²) >= 11 is 19.1. The highest BCUT2D eigenvalue weighted by Crippen LogP contribution is 2.42. The number of esters is 1. The quantitative estimate of drug-likeness (QED) is 0.417. The second-order valence-corrected chi connectivity index (χ2v) is 9.02. The molecule has 33 heavy (non-hydrogen) atoms. The van der Waals surface area contributed by atoms with Crippen LogP contribution in [0.2, 0.25) is 15.1 Å². The van der Waals surface area contributed by atoms with Crippen LogP contribution >= 0.6 is 46.6 Å². The van der Waals surface area contributed by atoms with Crippen molar-refractivity contribution in [3.63, 3.8) is 0 Å². The van der Waals surface area contributed by atoms with Crippen LogP contribution in [0.25, 0.3) is 0 Å². The minimum absolute atomic E-state index is 0.102. The number of nitrogens with one attached hydrogen (secondary N) is 2. The van der Waals surface area contributed by atoms with Crippen molar-refractivity contribution < 1.29 is 19.1 Å². The minimum atomic E-state index is -1.31. The molecular weight excluding hydrogens is 509 g/mol. The first-order valence-corrected chi connectivity index (χ1v) is 11.5. The first kappa shape index (κ1) is 24.9. The molecule has 2 N–H and O–H groups in total. The number of benzene rings is 2. The number of anilines is 1. The topological polar surface area (TPSA) is 108 Å². The van der Waals surface area contributed by atoms with E-state index in [0.717, 1.165) is 18.9 Å². The van der Waals surface area contributed by atoms with Crippen LogP contribution in [-0.2, 0) is 19.1 Å². The van der Waals surface area contributed by atoms with Crippen molar-refractivity contribution in [2.75, 3.05) is 18.2 Å². The maximum absolute atomic E-state index is 12.8. The number of carbonyl (C=O) groups is 3. The standard InChI is InChI=1S/C22H16Cl3N3O4S/c1-32-22(31)19-18(12-4-2-3-5-14(12)23)13(9-26)21(28-20(19)30)33-10-17(29)27-11-6-7-15(24)16(25)8-11/h2-8,18-19H,10H2,1H3,(H,27,29)(H,28,30)/t18-,19+/m1/s1. The maximum atomic E-state index is 12.8. The summed E-state index contributed by atoms with van der Waals surface area (Å²) in [6.45, 7) is 0. The van der Waals surface area contributed by atoms with E-state index in [1.807, 2.05) is 0 Å². The van der Waals surface area contributed by atoms with Crippen molar-refractivity contribution >= 4 is 70.0 Å². The summed E-state index contributed by atoms with van der Waals surface area (Å²) in [5, 5.41) is 16.2. The molecule has 2 amide bonds. The highest BCUT2D eigenvalue weighted by molar-refractivity contribution is 8.03. The zero-order valence-electron chi connectivity index (χ0n) is 17.0. The fourth-order valence-corrected chi connectivity index (χ4v) is 4.69. The van der Waals surface area contributed by atoms with Gasteiger partial charge >= 0.3 is 5.97 Å². The van der Waals surface area contributed by atoms with Gasteiger partial charge in [-0.25, -0.2) is 0 Å². The van der Waals surface area contributed by atoms with Crippen molar-refractivity contribution in [1.29, 1.82) is 5.26 Å². The molecule has 2 atom stereocenters. The molecule has 0 bridgehead atoms. The summed E-state index contributed by atoms with van der Waals surface area (Å²) in [6, 6.07) is 13.3. The molecule has 0 radical (unpaired) electrons. The monoisotopic (exact) mass is 523 g/mol. The zero-order chi connectivity index (χ0) is 24.1. The molecule has 0 aromatic heterocycles. The van der Waals surface area contributed by atoms with Gasteiger partial charge in [-0.15, -0.1) is 0 Å². The highest BCUT2D eigenvalue weighted by atomic mass is 35.5. The number of thioether (sulfide) groups is 1. The number of halogens is 3. The van der Waals surface area contributed by atoms with Crippen LogP contribution in [-0.4, -0.2) is 30.6 Å². The van der Waals surface area contributed by atoms with Crippen molar-refractivity contribution in [1.82, 2.24) is 5.32 Å². The van der Waals surface area contributed by atoms with E-state index in [4.69, 9.17) is 39.5 Å². The van der Waals surface area contributed by atoms with E-state index in [9.17, 15) is 19.6 Å². The average molecular weight is 525 g/mol. The molecule has 0 spiro atoms. The molecule has 170 valence electrons. The average Bonchev–Trinajstić information content (AvgIpc) is 2.79. The highest BCUT2D eigenvalue weighted by Gasteiger charge is 2.45. The Labute approximate surface area is 209 Å². The summed E-state index contributed by atoms with van der Waals surface area (Å²) in [4.78, 5) is 37.7. The second-order valence-electron chi connectivity index (χ2n) is 6.81. The molecule has 0 aliphatic carbocycles. The summed E-state index contributed by atoms with van der Waals surface area (Å²) in [5.41, 5.74) is 0.974. The number of nitriles is 1.